The first-order chi connectivity index (χ1) is 9.81. The maximum atomic E-state index is 12.1. The van der Waals surface area contributed by atoms with Gasteiger partial charge in [0.1, 0.15) is 9.90 Å². The number of carbonyl (C=O) groups excluding carboxylic acids is 1. The number of hydrogen-bond donors (Lipinski definition) is 1. The van der Waals surface area contributed by atoms with E-state index in [0.717, 1.165) is 17.0 Å². The third kappa shape index (κ3) is 3.84. The number of amides is 1. The van der Waals surface area contributed by atoms with E-state index in [0.29, 0.717) is 17.1 Å². The van der Waals surface area contributed by atoms with E-state index in [1.54, 1.807) is 16.8 Å². The van der Waals surface area contributed by atoms with E-state index in [1.807, 2.05) is 13.8 Å². The molecule has 0 atom stereocenters. The molecule has 0 radical (unpaired) electrons. The molecule has 0 aromatic carbocycles. The van der Waals surface area contributed by atoms with Gasteiger partial charge in [0.05, 0.1) is 12.2 Å². The van der Waals surface area contributed by atoms with Crippen LogP contribution in [0, 0.1) is 6.92 Å². The van der Waals surface area contributed by atoms with E-state index >= 15 is 0 Å². The van der Waals surface area contributed by atoms with Crippen molar-refractivity contribution in [1.29, 1.82) is 0 Å². The van der Waals surface area contributed by atoms with Gasteiger partial charge in [-0.3, -0.25) is 9.48 Å². The van der Waals surface area contributed by atoms with Crippen molar-refractivity contribution in [2.24, 2.45) is 0 Å². The number of aryl methyl sites for hydroxylation is 2. The van der Waals surface area contributed by atoms with Crippen LogP contribution in [0.1, 0.15) is 28.0 Å². The maximum Gasteiger partial charge on any atom is 0.270 e. The van der Waals surface area contributed by atoms with Gasteiger partial charge in [-0.25, -0.2) is 8.42 Å². The number of carbonyl (C=O) groups is 1. The quantitative estimate of drug-likeness (QED) is 0.840. The van der Waals surface area contributed by atoms with Gasteiger partial charge in [-0.15, -0.1) is 11.3 Å². The van der Waals surface area contributed by atoms with Crippen LogP contribution in [0.5, 0.6) is 0 Å². The van der Waals surface area contributed by atoms with E-state index < -0.39 is 9.05 Å². The van der Waals surface area contributed by atoms with Crippen molar-refractivity contribution in [3.63, 3.8) is 0 Å². The van der Waals surface area contributed by atoms with Crippen molar-refractivity contribution in [2.75, 3.05) is 0 Å². The zero-order valence-corrected chi connectivity index (χ0v) is 13.8. The summed E-state index contributed by atoms with van der Waals surface area (Å²) < 4.78 is 24.0. The van der Waals surface area contributed by atoms with Gasteiger partial charge in [-0.2, -0.15) is 5.10 Å². The van der Waals surface area contributed by atoms with Gasteiger partial charge in [0, 0.05) is 22.1 Å². The Morgan fingerprint density at radius 3 is 2.76 bits per heavy atom. The normalized spacial score (nSPS) is 11.6. The summed E-state index contributed by atoms with van der Waals surface area (Å²) in [5.41, 5.74) is 1.25. The first kappa shape index (κ1) is 16.0. The summed E-state index contributed by atoms with van der Waals surface area (Å²) in [6.45, 7) is 4.56. The maximum absolute atomic E-state index is 12.1. The predicted octanol–water partition coefficient (Wildman–Crippen LogP) is 2.13. The topological polar surface area (TPSA) is 81.1 Å². The summed E-state index contributed by atoms with van der Waals surface area (Å²) in [6, 6.07) is 4.76. The van der Waals surface area contributed by atoms with Crippen molar-refractivity contribution < 1.29 is 13.2 Å². The molecule has 114 valence electrons. The predicted molar refractivity (Wildman–Crippen MR) is 81.2 cm³/mol. The highest BCUT2D eigenvalue weighted by molar-refractivity contribution is 8.15. The lowest BCUT2D eigenvalue weighted by atomic mass is 10.3. The Morgan fingerprint density at radius 1 is 1.48 bits per heavy atom. The number of nitrogens with zero attached hydrogens (tertiary/aromatic N) is 2. The second-order valence-corrected chi connectivity index (χ2v) is 8.29. The second kappa shape index (κ2) is 6.17. The molecular weight excluding hydrogens is 334 g/mol. The van der Waals surface area contributed by atoms with Crippen LogP contribution in [0.4, 0.5) is 0 Å². The fourth-order valence-corrected chi connectivity index (χ4v) is 3.87. The summed E-state index contributed by atoms with van der Waals surface area (Å²) in [5, 5.41) is 6.94. The number of hydrogen-bond acceptors (Lipinski definition) is 5. The molecule has 0 saturated carbocycles. The minimum atomic E-state index is -3.72. The van der Waals surface area contributed by atoms with Crippen molar-refractivity contribution in [2.45, 2.75) is 31.1 Å². The minimum Gasteiger partial charge on any atom is -0.346 e. The van der Waals surface area contributed by atoms with Gasteiger partial charge >= 0.3 is 0 Å². The molecule has 21 heavy (non-hydrogen) atoms. The fourth-order valence-electron chi connectivity index (χ4n) is 1.81. The lowest BCUT2D eigenvalue weighted by Crippen LogP contribution is -2.25. The van der Waals surface area contributed by atoms with Gasteiger partial charge in [0.25, 0.3) is 15.0 Å². The van der Waals surface area contributed by atoms with Crippen LogP contribution < -0.4 is 5.32 Å². The highest BCUT2D eigenvalue weighted by atomic mass is 35.7. The van der Waals surface area contributed by atoms with E-state index in [4.69, 9.17) is 10.7 Å². The number of rotatable bonds is 5. The molecule has 2 rings (SSSR count). The van der Waals surface area contributed by atoms with E-state index in [9.17, 15) is 13.2 Å². The largest absolute Gasteiger partial charge is 0.346 e. The Morgan fingerprint density at radius 2 is 2.19 bits per heavy atom. The van der Waals surface area contributed by atoms with Gasteiger partial charge < -0.3 is 5.32 Å². The Bertz CT molecular complexity index is 765. The standard InChI is InChI=1S/C12H14ClN3O3S2/c1-3-16-10(6-8(2)15-16)12(17)14-7-9-4-5-11(20-9)21(13,18)19/h4-6H,3,7H2,1-2H3,(H,14,17). The van der Waals surface area contributed by atoms with Crippen LogP contribution in [0.2, 0.25) is 0 Å². The molecule has 0 aliphatic heterocycles. The lowest BCUT2D eigenvalue weighted by Gasteiger charge is -2.05. The van der Waals surface area contributed by atoms with Crippen LogP contribution in [-0.4, -0.2) is 24.1 Å². The van der Waals surface area contributed by atoms with E-state index in [-0.39, 0.29) is 16.7 Å². The monoisotopic (exact) mass is 347 g/mol. The SMILES string of the molecule is CCn1nc(C)cc1C(=O)NCc1ccc(S(=O)(=O)Cl)s1. The number of aromatic nitrogens is 2. The Kier molecular flexibility index (Phi) is 4.70. The minimum absolute atomic E-state index is 0.0721. The summed E-state index contributed by atoms with van der Waals surface area (Å²) in [6.07, 6.45) is 0. The molecule has 0 spiro atoms. The molecule has 9 heteroatoms. The van der Waals surface area contributed by atoms with Gasteiger partial charge in [-0.05, 0) is 32.0 Å². The van der Waals surface area contributed by atoms with Crippen LogP contribution >= 0.6 is 22.0 Å². The smallest absolute Gasteiger partial charge is 0.270 e. The average molecular weight is 348 g/mol. The fraction of sp³-hybridized carbons (Fsp3) is 0.333. The molecule has 0 saturated heterocycles. The second-order valence-electron chi connectivity index (χ2n) is 4.33. The molecular formula is C12H14ClN3O3S2. The van der Waals surface area contributed by atoms with Crippen LogP contribution in [0.15, 0.2) is 22.4 Å². The summed E-state index contributed by atoms with van der Waals surface area (Å²) in [4.78, 5) is 12.8. The molecule has 1 amide bonds. The van der Waals surface area contributed by atoms with Gasteiger partial charge in [0.15, 0.2) is 0 Å². The third-order valence-corrected chi connectivity index (χ3v) is 5.91. The van der Waals surface area contributed by atoms with Crippen LogP contribution in [-0.2, 0) is 22.1 Å². The zero-order valence-electron chi connectivity index (χ0n) is 11.5. The molecule has 0 aliphatic rings. The zero-order chi connectivity index (χ0) is 15.6. The van der Waals surface area contributed by atoms with Crippen molar-refractivity contribution in [3.05, 3.63) is 34.5 Å². The van der Waals surface area contributed by atoms with Crippen LogP contribution in [0.3, 0.4) is 0 Å². The molecule has 0 fully saturated rings. The molecule has 1 N–H and O–H groups in total. The number of nitrogens with one attached hydrogen (secondary N) is 1. The first-order valence-electron chi connectivity index (χ1n) is 6.17. The van der Waals surface area contributed by atoms with Crippen molar-refractivity contribution in [1.82, 2.24) is 15.1 Å². The molecule has 0 aliphatic carbocycles. The highest BCUT2D eigenvalue weighted by Crippen LogP contribution is 2.24. The number of halogens is 1. The summed E-state index contributed by atoms with van der Waals surface area (Å²) in [7, 11) is 1.54. The molecule has 2 aromatic rings. The Labute approximate surface area is 131 Å². The molecule has 6 nitrogen and oxygen atoms in total. The van der Waals surface area contributed by atoms with E-state index in [1.165, 1.54) is 6.07 Å². The Hall–Kier alpha value is -1.38. The van der Waals surface area contributed by atoms with Gasteiger partial charge in [0.2, 0.25) is 0 Å². The lowest BCUT2D eigenvalue weighted by molar-refractivity contribution is 0.0940. The average Bonchev–Trinajstić information content (AvgIpc) is 3.01. The third-order valence-electron chi connectivity index (χ3n) is 2.73. The van der Waals surface area contributed by atoms with Crippen molar-refractivity contribution >= 4 is 37.0 Å². The molecule has 0 unspecified atom stereocenters. The highest BCUT2D eigenvalue weighted by Gasteiger charge is 2.15. The van der Waals surface area contributed by atoms with Gasteiger partial charge in [-0.1, -0.05) is 0 Å². The van der Waals surface area contributed by atoms with E-state index in [2.05, 4.69) is 10.4 Å². The molecule has 2 aromatic heterocycles. The number of thiophene rings is 1. The summed E-state index contributed by atoms with van der Waals surface area (Å²) in [5.74, 6) is -0.249. The first-order valence-corrected chi connectivity index (χ1v) is 9.30. The summed E-state index contributed by atoms with van der Waals surface area (Å²) >= 11 is 1.04. The Balaban J connectivity index is 2.06. The van der Waals surface area contributed by atoms with Crippen LogP contribution in [0.25, 0.3) is 0 Å². The van der Waals surface area contributed by atoms with Crippen molar-refractivity contribution in [3.8, 4) is 0 Å². The molecule has 2 heterocycles. The molecule has 0 bridgehead atoms.